The Morgan fingerprint density at radius 1 is 0.917 bits per heavy atom. The predicted molar refractivity (Wildman–Crippen MR) is 117 cm³/mol. The molecule has 1 saturated carbocycles. The summed E-state index contributed by atoms with van der Waals surface area (Å²) in [6.07, 6.45) is -8.05. The fourth-order valence-corrected chi connectivity index (χ4v) is 5.18. The lowest BCUT2D eigenvalue weighted by atomic mass is 9.95. The first kappa shape index (κ1) is 24.1. The molecule has 2 aliphatic carbocycles. The number of amides is 1. The third kappa shape index (κ3) is 4.08. The Bertz CT molecular complexity index is 1290. The molecule has 3 unspecified atom stereocenters. The van der Waals surface area contributed by atoms with E-state index in [0.717, 1.165) is 16.0 Å². The van der Waals surface area contributed by atoms with Gasteiger partial charge in [-0.05, 0) is 54.7 Å². The van der Waals surface area contributed by atoms with Crippen molar-refractivity contribution in [3.63, 3.8) is 0 Å². The van der Waals surface area contributed by atoms with E-state index >= 15 is 0 Å². The molecule has 36 heavy (non-hydrogen) atoms. The summed E-state index contributed by atoms with van der Waals surface area (Å²) in [6.45, 7) is 1.38. The molecule has 1 heterocycles. The second-order valence-electron chi connectivity index (χ2n) is 9.13. The first-order chi connectivity index (χ1) is 16.8. The summed E-state index contributed by atoms with van der Waals surface area (Å²) in [6, 6.07) is 8.70. The van der Waals surface area contributed by atoms with Crippen LogP contribution in [0.3, 0.4) is 0 Å². The highest BCUT2D eigenvalue weighted by atomic mass is 19.4. The standard InChI is InChI=1S/C26H19F6NO3/c1-13-6-23(36-12-21-19-7-14-4-2-3-5-18(14)20(19)11-22(21)34)33(24(13)35)17-9-15(25(27,28)29)8-16(10-17)26(30,31)32/h2-6,8-10,12,19-20,23H,7,11H2,1H3/b21-12+. The monoisotopic (exact) mass is 507 g/mol. The van der Waals surface area contributed by atoms with Gasteiger partial charge in [0.1, 0.15) is 0 Å². The molecule has 188 valence electrons. The topological polar surface area (TPSA) is 46.6 Å². The molecule has 0 radical (unpaired) electrons. The van der Waals surface area contributed by atoms with Crippen LogP contribution in [0.25, 0.3) is 0 Å². The molecule has 0 bridgehead atoms. The number of benzene rings is 2. The van der Waals surface area contributed by atoms with Crippen molar-refractivity contribution in [1.29, 1.82) is 0 Å². The van der Waals surface area contributed by atoms with Crippen LogP contribution in [-0.2, 0) is 33.1 Å². The molecule has 3 atom stereocenters. The van der Waals surface area contributed by atoms with Crippen molar-refractivity contribution in [1.82, 2.24) is 0 Å². The van der Waals surface area contributed by atoms with Gasteiger partial charge in [0.15, 0.2) is 12.0 Å². The summed E-state index contributed by atoms with van der Waals surface area (Å²) in [5.41, 5.74) is -1.02. The molecule has 10 heteroatoms. The van der Waals surface area contributed by atoms with E-state index in [0.29, 0.717) is 24.1 Å². The molecule has 0 N–H and O–H groups in total. The molecule has 3 aliphatic rings. The normalized spacial score (nSPS) is 24.9. The zero-order valence-corrected chi connectivity index (χ0v) is 18.8. The van der Waals surface area contributed by atoms with Crippen molar-refractivity contribution in [3.05, 3.63) is 88.2 Å². The highest BCUT2D eigenvalue weighted by Gasteiger charge is 2.45. The third-order valence-corrected chi connectivity index (χ3v) is 6.90. The fraction of sp³-hybridized carbons (Fsp3) is 0.308. The van der Waals surface area contributed by atoms with Crippen LogP contribution in [0.2, 0.25) is 0 Å². The lowest BCUT2D eigenvalue weighted by Crippen LogP contribution is -2.36. The Morgan fingerprint density at radius 3 is 2.19 bits per heavy atom. The van der Waals surface area contributed by atoms with Gasteiger partial charge < -0.3 is 4.74 Å². The number of ketones is 1. The lowest BCUT2D eigenvalue weighted by molar-refractivity contribution is -0.143. The summed E-state index contributed by atoms with van der Waals surface area (Å²) in [7, 11) is 0. The van der Waals surface area contributed by atoms with Crippen molar-refractivity contribution in [2.24, 2.45) is 5.92 Å². The largest absolute Gasteiger partial charge is 0.474 e. The number of fused-ring (bicyclic) bond motifs is 3. The van der Waals surface area contributed by atoms with Crippen molar-refractivity contribution in [3.8, 4) is 0 Å². The molecule has 5 rings (SSSR count). The number of carbonyl (C=O) groups excluding carboxylic acids is 2. The number of Topliss-reactive ketones (excluding diaryl/α,β-unsaturated/α-hetero) is 1. The van der Waals surface area contributed by atoms with Crippen LogP contribution in [0.5, 0.6) is 0 Å². The summed E-state index contributed by atoms with van der Waals surface area (Å²) in [5, 5.41) is 0. The van der Waals surface area contributed by atoms with Crippen molar-refractivity contribution in [2.75, 3.05) is 4.90 Å². The Hall–Kier alpha value is -3.56. The Morgan fingerprint density at radius 2 is 1.56 bits per heavy atom. The quantitative estimate of drug-likeness (QED) is 0.284. The highest BCUT2D eigenvalue weighted by molar-refractivity contribution is 6.08. The molecule has 0 spiro atoms. The number of hydrogen-bond donors (Lipinski definition) is 0. The van der Waals surface area contributed by atoms with E-state index in [2.05, 4.69) is 0 Å². The van der Waals surface area contributed by atoms with E-state index in [4.69, 9.17) is 4.74 Å². The number of nitrogens with zero attached hydrogens (tertiary/aromatic N) is 1. The third-order valence-electron chi connectivity index (χ3n) is 6.90. The van der Waals surface area contributed by atoms with E-state index in [-0.39, 0.29) is 35.7 Å². The zero-order valence-electron chi connectivity index (χ0n) is 18.8. The number of halogens is 6. The number of anilines is 1. The molecule has 2 aromatic carbocycles. The van der Waals surface area contributed by atoms with Gasteiger partial charge in [0, 0.05) is 29.2 Å². The predicted octanol–water partition coefficient (Wildman–Crippen LogP) is 6.17. The Balaban J connectivity index is 1.48. The van der Waals surface area contributed by atoms with Crippen LogP contribution < -0.4 is 4.90 Å². The minimum absolute atomic E-state index is 0.00271. The van der Waals surface area contributed by atoms with Gasteiger partial charge in [0.25, 0.3) is 5.91 Å². The molecular formula is C26H19F6NO3. The van der Waals surface area contributed by atoms with Crippen LogP contribution in [0, 0.1) is 5.92 Å². The van der Waals surface area contributed by atoms with Gasteiger partial charge in [-0.3, -0.25) is 14.5 Å². The van der Waals surface area contributed by atoms with Crippen molar-refractivity contribution >= 4 is 17.4 Å². The molecule has 1 amide bonds. The smallest absolute Gasteiger partial charge is 0.416 e. The van der Waals surface area contributed by atoms with Crippen molar-refractivity contribution in [2.45, 2.75) is 44.3 Å². The van der Waals surface area contributed by atoms with Crippen LogP contribution in [0.1, 0.15) is 41.5 Å². The van der Waals surface area contributed by atoms with Gasteiger partial charge in [-0.25, -0.2) is 0 Å². The molecule has 4 nitrogen and oxygen atoms in total. The molecule has 0 saturated heterocycles. The molecule has 1 aliphatic heterocycles. The zero-order chi connectivity index (χ0) is 26.0. The van der Waals surface area contributed by atoms with E-state index in [1.54, 1.807) is 0 Å². The number of alkyl halides is 6. The maximum absolute atomic E-state index is 13.4. The van der Waals surface area contributed by atoms with E-state index in [1.807, 2.05) is 24.3 Å². The molecule has 2 aromatic rings. The van der Waals surface area contributed by atoms with Gasteiger partial charge in [-0.15, -0.1) is 0 Å². The number of allylic oxidation sites excluding steroid dienone is 1. The van der Waals surface area contributed by atoms with Crippen molar-refractivity contribution < 1.29 is 40.7 Å². The van der Waals surface area contributed by atoms with Gasteiger partial charge in [-0.2, -0.15) is 26.3 Å². The van der Waals surface area contributed by atoms with Crippen LogP contribution in [-0.4, -0.2) is 17.9 Å². The lowest BCUT2D eigenvalue weighted by Gasteiger charge is -2.26. The maximum atomic E-state index is 13.4. The van der Waals surface area contributed by atoms with Gasteiger partial charge in [-0.1, -0.05) is 24.3 Å². The minimum Gasteiger partial charge on any atom is -0.474 e. The molecular weight excluding hydrogens is 488 g/mol. The fourth-order valence-electron chi connectivity index (χ4n) is 5.18. The van der Waals surface area contributed by atoms with Crippen LogP contribution in [0.15, 0.2) is 65.9 Å². The maximum Gasteiger partial charge on any atom is 0.416 e. The summed E-state index contributed by atoms with van der Waals surface area (Å²) < 4.78 is 85.9. The average molecular weight is 507 g/mol. The highest BCUT2D eigenvalue weighted by Crippen LogP contribution is 2.49. The summed E-state index contributed by atoms with van der Waals surface area (Å²) >= 11 is 0. The van der Waals surface area contributed by atoms with E-state index in [1.165, 1.54) is 19.3 Å². The number of ether oxygens (including phenoxy) is 1. The average Bonchev–Trinajstić information content (AvgIpc) is 3.40. The second kappa shape index (κ2) is 8.25. The summed E-state index contributed by atoms with van der Waals surface area (Å²) in [4.78, 5) is 26.2. The van der Waals surface area contributed by atoms with E-state index in [9.17, 15) is 35.9 Å². The number of carbonyl (C=O) groups is 2. The van der Waals surface area contributed by atoms with Crippen LogP contribution in [0.4, 0.5) is 32.0 Å². The molecule has 1 fully saturated rings. The number of hydrogen-bond acceptors (Lipinski definition) is 3. The number of rotatable bonds is 3. The second-order valence-corrected chi connectivity index (χ2v) is 9.13. The van der Waals surface area contributed by atoms with Crippen LogP contribution >= 0.6 is 0 Å². The summed E-state index contributed by atoms with van der Waals surface area (Å²) in [5.74, 6) is -1.10. The van der Waals surface area contributed by atoms with Gasteiger partial charge in [0.2, 0.25) is 0 Å². The van der Waals surface area contributed by atoms with E-state index < -0.39 is 41.3 Å². The first-order valence-electron chi connectivity index (χ1n) is 11.1. The Labute approximate surface area is 201 Å². The molecule has 0 aromatic heterocycles. The SMILES string of the molecule is CC1=CC(O/C=C2/C(=O)CC3c4ccccc4CC23)N(c2cc(C(F)(F)F)cc(C(F)(F)F)c2)C1=O. The van der Waals surface area contributed by atoms with Gasteiger partial charge in [0.05, 0.1) is 17.4 Å². The minimum atomic E-state index is -5.07. The Kier molecular flexibility index (Phi) is 5.53. The first-order valence-corrected chi connectivity index (χ1v) is 11.1. The van der Waals surface area contributed by atoms with Gasteiger partial charge >= 0.3 is 12.4 Å².